The number of carboxylic acids is 1. The van der Waals surface area contributed by atoms with Crippen molar-refractivity contribution >= 4 is 51.5 Å². The first-order valence-electron chi connectivity index (χ1n) is 15.4. The first kappa shape index (κ1) is 36.0. The normalized spacial score (nSPS) is 15.9. The van der Waals surface area contributed by atoms with Crippen molar-refractivity contribution in [1.82, 2.24) is 9.80 Å². The Balaban J connectivity index is 0.000000310. The second-order valence-corrected chi connectivity index (χ2v) is 12.6. The first-order valence-corrected chi connectivity index (χ1v) is 16.6. The molecule has 46 heavy (non-hydrogen) atoms. The smallest absolute Gasteiger partial charge is 0.337 e. The molecule has 0 amide bonds. The number of aliphatic hydroxyl groups excluding tert-OH is 2. The number of fused-ring (bicyclic) bond motifs is 1. The third-order valence-electron chi connectivity index (χ3n) is 8.34. The molecule has 0 saturated carbocycles. The quantitative estimate of drug-likeness (QED) is 0.147. The predicted octanol–water partition coefficient (Wildman–Crippen LogP) is 8.02. The summed E-state index contributed by atoms with van der Waals surface area (Å²) in [7, 11) is 1.63. The Bertz CT molecular complexity index is 1580. The van der Waals surface area contributed by atoms with Crippen LogP contribution in [0.25, 0.3) is 10.8 Å². The van der Waals surface area contributed by atoms with E-state index < -0.39 is 18.2 Å². The number of methoxy groups -OCH3 is 1. The van der Waals surface area contributed by atoms with Crippen molar-refractivity contribution in [2.45, 2.75) is 51.0 Å². The first-order chi connectivity index (χ1) is 22.1. The van der Waals surface area contributed by atoms with Crippen molar-refractivity contribution < 1.29 is 24.9 Å². The molecule has 1 fully saturated rings. The van der Waals surface area contributed by atoms with Gasteiger partial charge in [0.1, 0.15) is 5.75 Å². The van der Waals surface area contributed by atoms with Gasteiger partial charge in [0.15, 0.2) is 6.10 Å². The number of hydrogen-bond donors (Lipinski definition) is 3. The lowest BCUT2D eigenvalue weighted by molar-refractivity contribution is -0.146. The molecule has 0 spiro atoms. The zero-order valence-corrected chi connectivity index (χ0v) is 28.3. The molecule has 246 valence electrons. The van der Waals surface area contributed by atoms with Crippen molar-refractivity contribution in [1.29, 1.82) is 0 Å². The molecule has 1 saturated heterocycles. The van der Waals surface area contributed by atoms with Crippen molar-refractivity contribution in [3.63, 3.8) is 0 Å². The third-order valence-corrected chi connectivity index (χ3v) is 9.29. The van der Waals surface area contributed by atoms with E-state index in [0.29, 0.717) is 15.8 Å². The molecule has 0 aromatic heterocycles. The number of benzene rings is 4. The molecule has 10 heteroatoms. The van der Waals surface area contributed by atoms with Gasteiger partial charge in [-0.3, -0.25) is 9.80 Å². The second kappa shape index (κ2) is 17.3. The van der Waals surface area contributed by atoms with Crippen molar-refractivity contribution in [2.75, 3.05) is 33.3 Å². The maximum Gasteiger partial charge on any atom is 0.337 e. The Hall–Kier alpha value is -2.88. The van der Waals surface area contributed by atoms with Crippen LogP contribution in [0.15, 0.2) is 78.9 Å². The predicted molar refractivity (Wildman–Crippen MR) is 186 cm³/mol. The molecule has 7 nitrogen and oxygen atoms in total. The van der Waals surface area contributed by atoms with Crippen LogP contribution in [-0.2, 0) is 11.3 Å². The summed E-state index contributed by atoms with van der Waals surface area (Å²) < 4.78 is 5.35. The zero-order chi connectivity index (χ0) is 33.2. The Morgan fingerprint density at radius 3 is 2.26 bits per heavy atom. The van der Waals surface area contributed by atoms with E-state index >= 15 is 0 Å². The van der Waals surface area contributed by atoms with Gasteiger partial charge < -0.3 is 20.1 Å². The van der Waals surface area contributed by atoms with E-state index in [1.54, 1.807) is 7.11 Å². The Morgan fingerprint density at radius 1 is 0.913 bits per heavy atom. The van der Waals surface area contributed by atoms with Gasteiger partial charge in [-0.2, -0.15) is 0 Å². The number of unbranched alkanes of at least 4 members (excludes halogenated alkanes) is 1. The Labute approximate surface area is 285 Å². The fraction of sp³-hybridized carbons (Fsp3) is 0.361. The molecular formula is C36H41Cl3N2O5. The molecule has 0 unspecified atom stereocenters. The highest BCUT2D eigenvalue weighted by Gasteiger charge is 2.30. The summed E-state index contributed by atoms with van der Waals surface area (Å²) in [5.74, 6) is -0.670. The van der Waals surface area contributed by atoms with Crippen molar-refractivity contribution in [3.05, 3.63) is 111 Å². The Morgan fingerprint density at radius 2 is 1.63 bits per heavy atom. The van der Waals surface area contributed by atoms with Gasteiger partial charge in [-0.1, -0.05) is 109 Å². The molecule has 3 N–H and O–H groups in total. The number of hydrogen-bond acceptors (Lipinski definition) is 6. The lowest BCUT2D eigenvalue weighted by Gasteiger charge is -2.41. The van der Waals surface area contributed by atoms with E-state index in [-0.39, 0.29) is 16.6 Å². The molecule has 1 heterocycles. The van der Waals surface area contributed by atoms with Crippen LogP contribution in [0.3, 0.4) is 0 Å². The number of carbonyl (C=O) groups is 1. The molecule has 4 aromatic carbocycles. The molecule has 5 rings (SSSR count). The van der Waals surface area contributed by atoms with Crippen LogP contribution < -0.4 is 4.74 Å². The standard InChI is InChI=1S/C28H35ClN2O2.C8H6Cl2O3/c1-3-4-10-25(31-17-15-30(16-18-31)20-21-8-6-5-7-9-21)28(32)23-11-13-24-22(19-23)12-14-26(33-2)27(24)29;9-4-1-2-5(6(10)3-4)7(11)8(12)13/h5-9,11-14,19,25,28,32H,3-4,10,15-18,20H2,1-2H3;1-3,7,11H,(H,12,13)/t25-,28-;7-/m01/s1. The molecular weight excluding hydrogens is 647 g/mol. The molecule has 4 aromatic rings. The average molecular weight is 688 g/mol. The Kier molecular flexibility index (Phi) is 13.5. The minimum Gasteiger partial charge on any atom is -0.495 e. The monoisotopic (exact) mass is 686 g/mol. The minimum absolute atomic E-state index is 0.120. The van der Waals surface area contributed by atoms with Crippen molar-refractivity contribution in [3.8, 4) is 5.75 Å². The van der Waals surface area contributed by atoms with Gasteiger partial charge in [-0.25, -0.2) is 4.79 Å². The number of piperazine rings is 1. The largest absolute Gasteiger partial charge is 0.495 e. The van der Waals surface area contributed by atoms with Gasteiger partial charge in [-0.05, 0) is 47.2 Å². The van der Waals surface area contributed by atoms with Gasteiger partial charge in [0.25, 0.3) is 0 Å². The number of halogens is 3. The summed E-state index contributed by atoms with van der Waals surface area (Å²) in [5.41, 5.74) is 2.45. The number of rotatable bonds is 11. The number of carboxylic acid groups (broad SMARTS) is 1. The molecule has 0 radical (unpaired) electrons. The third kappa shape index (κ3) is 9.35. The van der Waals surface area contributed by atoms with E-state index in [1.807, 2.05) is 24.3 Å². The van der Waals surface area contributed by atoms with E-state index in [4.69, 9.17) is 49.8 Å². The van der Waals surface area contributed by atoms with Crippen LogP contribution in [0, 0.1) is 0 Å². The maximum atomic E-state index is 11.5. The summed E-state index contributed by atoms with van der Waals surface area (Å²) in [6.07, 6.45) is 1.11. The highest BCUT2D eigenvalue weighted by Crippen LogP contribution is 2.35. The fourth-order valence-electron chi connectivity index (χ4n) is 5.76. The molecule has 3 atom stereocenters. The summed E-state index contributed by atoms with van der Waals surface area (Å²) in [5, 5.41) is 32.2. The van der Waals surface area contributed by atoms with Gasteiger partial charge in [0.2, 0.25) is 0 Å². The SMILES string of the molecule is CCCC[C@@H]([C@@H](O)c1ccc2c(Cl)c(OC)ccc2c1)N1CCN(Cc2ccccc2)CC1.O=C(O)[C@H](O)c1ccc(Cl)cc1Cl. The minimum atomic E-state index is -1.61. The number of ether oxygens (including phenoxy) is 1. The zero-order valence-electron chi connectivity index (χ0n) is 26.1. The number of aliphatic hydroxyl groups is 2. The van der Waals surface area contributed by atoms with Crippen LogP contribution in [0.1, 0.15) is 55.1 Å². The molecule has 1 aliphatic heterocycles. The van der Waals surface area contributed by atoms with Gasteiger partial charge in [0.05, 0.1) is 18.2 Å². The fourth-order valence-corrected chi connectivity index (χ4v) is 6.58. The van der Waals surface area contributed by atoms with E-state index in [2.05, 4.69) is 53.1 Å². The van der Waals surface area contributed by atoms with Crippen LogP contribution >= 0.6 is 34.8 Å². The topological polar surface area (TPSA) is 93.5 Å². The van der Waals surface area contributed by atoms with Gasteiger partial charge in [0, 0.05) is 59.8 Å². The summed E-state index contributed by atoms with van der Waals surface area (Å²) in [6.45, 7) is 7.22. The van der Waals surface area contributed by atoms with E-state index in [1.165, 1.54) is 23.8 Å². The second-order valence-electron chi connectivity index (χ2n) is 11.4. The highest BCUT2D eigenvalue weighted by atomic mass is 35.5. The summed E-state index contributed by atoms with van der Waals surface area (Å²) in [6, 6.07) is 25.0. The average Bonchev–Trinajstić information content (AvgIpc) is 3.06. The van der Waals surface area contributed by atoms with E-state index in [0.717, 1.165) is 68.3 Å². The van der Waals surface area contributed by atoms with Crippen molar-refractivity contribution in [2.24, 2.45) is 0 Å². The summed E-state index contributed by atoms with van der Waals surface area (Å²) >= 11 is 17.7. The highest BCUT2D eigenvalue weighted by molar-refractivity contribution is 6.37. The number of nitrogens with zero attached hydrogens (tertiary/aromatic N) is 2. The lowest BCUT2D eigenvalue weighted by atomic mass is 9.94. The lowest BCUT2D eigenvalue weighted by Crippen LogP contribution is -2.51. The van der Waals surface area contributed by atoms with Gasteiger partial charge in [-0.15, -0.1) is 0 Å². The van der Waals surface area contributed by atoms with Crippen LogP contribution in [0.5, 0.6) is 5.75 Å². The summed E-state index contributed by atoms with van der Waals surface area (Å²) in [4.78, 5) is 15.4. The van der Waals surface area contributed by atoms with Gasteiger partial charge >= 0.3 is 5.97 Å². The van der Waals surface area contributed by atoms with Crippen LogP contribution in [-0.4, -0.2) is 70.4 Å². The molecule has 1 aliphatic rings. The van der Waals surface area contributed by atoms with E-state index in [9.17, 15) is 9.90 Å². The molecule has 0 bridgehead atoms. The van der Waals surface area contributed by atoms with Crippen LogP contribution in [0.2, 0.25) is 15.1 Å². The molecule has 0 aliphatic carbocycles. The van der Waals surface area contributed by atoms with Crippen LogP contribution in [0.4, 0.5) is 0 Å². The maximum absolute atomic E-state index is 11.5. The number of aliphatic carboxylic acids is 1.